The highest BCUT2D eigenvalue weighted by Gasteiger charge is 2.15. The number of carbonyl (C=O) groups is 1. The number of benzene rings is 1. The van der Waals surface area contributed by atoms with Crippen molar-refractivity contribution in [2.24, 2.45) is 0 Å². The number of hydrogen-bond donors (Lipinski definition) is 1. The van der Waals surface area contributed by atoms with Gasteiger partial charge in [-0.15, -0.1) is 0 Å². The summed E-state index contributed by atoms with van der Waals surface area (Å²) in [4.78, 5) is 11.1. The highest BCUT2D eigenvalue weighted by molar-refractivity contribution is 5.93. The molecular formula is C17H20O4. The lowest BCUT2D eigenvalue weighted by Gasteiger charge is -2.07. The van der Waals surface area contributed by atoms with Crippen LogP contribution in [0.1, 0.15) is 43.2 Å². The number of carboxylic acid groups (broad SMARTS) is 1. The third-order valence-electron chi connectivity index (χ3n) is 3.27. The summed E-state index contributed by atoms with van der Waals surface area (Å²) in [6.45, 7) is 2.86. The Kier molecular flexibility index (Phi) is 5.43. The summed E-state index contributed by atoms with van der Waals surface area (Å²) in [5, 5.41) is 9.08. The standard InChI is InChI=1S/C17H20O4/c1-2-3-4-5-10-20-14-8-6-7-13(12-14)15-9-11-21-16(15)17(18)19/h6-9,11-12H,2-5,10H2,1H3,(H,18,19). The quantitative estimate of drug-likeness (QED) is 0.721. The van der Waals surface area contributed by atoms with Gasteiger partial charge in [0.2, 0.25) is 5.76 Å². The molecule has 21 heavy (non-hydrogen) atoms. The van der Waals surface area contributed by atoms with Crippen molar-refractivity contribution in [2.45, 2.75) is 32.6 Å². The van der Waals surface area contributed by atoms with Crippen LogP contribution in [0.2, 0.25) is 0 Å². The van der Waals surface area contributed by atoms with Crippen LogP contribution >= 0.6 is 0 Å². The second kappa shape index (κ2) is 7.53. The topological polar surface area (TPSA) is 59.7 Å². The van der Waals surface area contributed by atoms with Gasteiger partial charge in [0.1, 0.15) is 5.75 Å². The number of ether oxygens (including phenoxy) is 1. The minimum absolute atomic E-state index is 0.0462. The van der Waals surface area contributed by atoms with E-state index in [-0.39, 0.29) is 5.76 Å². The molecule has 4 heteroatoms. The van der Waals surface area contributed by atoms with Gasteiger partial charge in [-0.3, -0.25) is 0 Å². The molecule has 0 aliphatic rings. The van der Waals surface area contributed by atoms with Gasteiger partial charge in [-0.05, 0) is 30.2 Å². The molecule has 2 aromatic rings. The molecule has 2 rings (SSSR count). The van der Waals surface area contributed by atoms with Crippen LogP contribution in [-0.4, -0.2) is 17.7 Å². The van der Waals surface area contributed by atoms with Gasteiger partial charge >= 0.3 is 5.97 Å². The van der Waals surface area contributed by atoms with Crippen LogP contribution in [0.4, 0.5) is 0 Å². The number of carboxylic acids is 1. The van der Waals surface area contributed by atoms with E-state index in [0.717, 1.165) is 17.7 Å². The van der Waals surface area contributed by atoms with Crippen LogP contribution < -0.4 is 4.74 Å². The van der Waals surface area contributed by atoms with Gasteiger partial charge in [-0.2, -0.15) is 0 Å². The molecule has 0 atom stereocenters. The van der Waals surface area contributed by atoms with E-state index in [4.69, 9.17) is 14.3 Å². The monoisotopic (exact) mass is 288 g/mol. The molecule has 0 saturated carbocycles. The molecular weight excluding hydrogens is 268 g/mol. The molecule has 1 N–H and O–H groups in total. The average molecular weight is 288 g/mol. The van der Waals surface area contributed by atoms with E-state index >= 15 is 0 Å². The number of hydrogen-bond acceptors (Lipinski definition) is 3. The van der Waals surface area contributed by atoms with Crippen molar-refractivity contribution in [2.75, 3.05) is 6.61 Å². The Morgan fingerprint density at radius 1 is 1.24 bits per heavy atom. The SMILES string of the molecule is CCCCCCOc1cccc(-c2ccoc2C(=O)O)c1. The molecule has 0 spiro atoms. The average Bonchev–Trinajstić information content (AvgIpc) is 2.97. The van der Waals surface area contributed by atoms with Gasteiger partial charge in [-0.25, -0.2) is 4.79 Å². The third-order valence-corrected chi connectivity index (χ3v) is 3.27. The second-order valence-corrected chi connectivity index (χ2v) is 4.91. The molecule has 0 bridgehead atoms. The fourth-order valence-electron chi connectivity index (χ4n) is 2.17. The lowest BCUT2D eigenvalue weighted by Crippen LogP contribution is -1.98. The largest absolute Gasteiger partial charge is 0.494 e. The highest BCUT2D eigenvalue weighted by Crippen LogP contribution is 2.28. The lowest BCUT2D eigenvalue weighted by atomic mass is 10.1. The Morgan fingerprint density at radius 2 is 2.10 bits per heavy atom. The van der Waals surface area contributed by atoms with Crippen LogP contribution in [0.25, 0.3) is 11.1 Å². The van der Waals surface area contributed by atoms with E-state index in [0.29, 0.717) is 12.2 Å². The number of unbranched alkanes of at least 4 members (excludes halogenated alkanes) is 3. The van der Waals surface area contributed by atoms with Crippen molar-refractivity contribution in [3.05, 3.63) is 42.4 Å². The van der Waals surface area contributed by atoms with Crippen LogP contribution in [-0.2, 0) is 0 Å². The van der Waals surface area contributed by atoms with Crippen molar-refractivity contribution in [3.8, 4) is 16.9 Å². The van der Waals surface area contributed by atoms with Crippen molar-refractivity contribution in [3.63, 3.8) is 0 Å². The summed E-state index contributed by atoms with van der Waals surface area (Å²) in [6, 6.07) is 9.08. The van der Waals surface area contributed by atoms with Crippen molar-refractivity contribution in [1.29, 1.82) is 0 Å². The maximum absolute atomic E-state index is 11.1. The lowest BCUT2D eigenvalue weighted by molar-refractivity contribution is 0.0663. The van der Waals surface area contributed by atoms with Crippen molar-refractivity contribution in [1.82, 2.24) is 0 Å². The molecule has 112 valence electrons. The summed E-state index contributed by atoms with van der Waals surface area (Å²) in [7, 11) is 0. The maximum Gasteiger partial charge on any atom is 0.372 e. The van der Waals surface area contributed by atoms with Crippen molar-refractivity contribution < 1.29 is 19.1 Å². The Balaban J connectivity index is 2.04. The van der Waals surface area contributed by atoms with Gasteiger partial charge in [-0.1, -0.05) is 38.3 Å². The van der Waals surface area contributed by atoms with Crippen molar-refractivity contribution >= 4 is 5.97 Å². The number of rotatable bonds is 8. The highest BCUT2D eigenvalue weighted by atomic mass is 16.5. The first-order valence-corrected chi connectivity index (χ1v) is 7.26. The molecule has 0 unspecified atom stereocenters. The normalized spacial score (nSPS) is 10.5. The van der Waals surface area contributed by atoms with Crippen LogP contribution in [0.3, 0.4) is 0 Å². The summed E-state index contributed by atoms with van der Waals surface area (Å²) in [5.41, 5.74) is 1.35. The van der Waals surface area contributed by atoms with Crippen LogP contribution in [0.5, 0.6) is 5.75 Å². The van der Waals surface area contributed by atoms with Gasteiger partial charge in [0.05, 0.1) is 12.9 Å². The molecule has 0 aliphatic carbocycles. The summed E-state index contributed by atoms with van der Waals surface area (Å²) >= 11 is 0. The first-order chi connectivity index (χ1) is 10.2. The summed E-state index contributed by atoms with van der Waals surface area (Å²) in [5.74, 6) is -0.363. The van der Waals surface area contributed by atoms with Crippen LogP contribution in [0.15, 0.2) is 41.0 Å². The van der Waals surface area contributed by atoms with Gasteiger partial charge in [0, 0.05) is 5.56 Å². The van der Waals surface area contributed by atoms with Gasteiger partial charge < -0.3 is 14.3 Å². The Hall–Kier alpha value is -2.23. The Labute approximate surface area is 124 Å². The fraction of sp³-hybridized carbons (Fsp3) is 0.353. The fourth-order valence-corrected chi connectivity index (χ4v) is 2.17. The maximum atomic E-state index is 11.1. The molecule has 0 aliphatic heterocycles. The van der Waals surface area contributed by atoms with E-state index in [1.54, 1.807) is 6.07 Å². The van der Waals surface area contributed by atoms with E-state index < -0.39 is 5.97 Å². The smallest absolute Gasteiger partial charge is 0.372 e. The van der Waals surface area contributed by atoms with Crippen LogP contribution in [0, 0.1) is 0 Å². The summed E-state index contributed by atoms with van der Waals surface area (Å²) in [6.07, 6.45) is 6.01. The summed E-state index contributed by atoms with van der Waals surface area (Å²) < 4.78 is 10.7. The minimum Gasteiger partial charge on any atom is -0.494 e. The van der Waals surface area contributed by atoms with Gasteiger partial charge in [0.25, 0.3) is 0 Å². The molecule has 1 aromatic heterocycles. The number of aromatic carboxylic acids is 1. The zero-order chi connectivity index (χ0) is 15.1. The van der Waals surface area contributed by atoms with E-state index in [1.807, 2.05) is 24.3 Å². The number of furan rings is 1. The molecule has 0 saturated heterocycles. The van der Waals surface area contributed by atoms with E-state index in [2.05, 4.69) is 6.92 Å². The zero-order valence-electron chi connectivity index (χ0n) is 12.2. The first kappa shape index (κ1) is 15.2. The van der Waals surface area contributed by atoms with Gasteiger partial charge in [0.15, 0.2) is 0 Å². The molecule has 0 amide bonds. The molecule has 0 radical (unpaired) electrons. The Morgan fingerprint density at radius 3 is 2.86 bits per heavy atom. The van der Waals surface area contributed by atoms with E-state index in [1.165, 1.54) is 25.5 Å². The molecule has 1 aromatic carbocycles. The zero-order valence-corrected chi connectivity index (χ0v) is 12.2. The second-order valence-electron chi connectivity index (χ2n) is 4.91. The minimum atomic E-state index is -1.07. The van der Waals surface area contributed by atoms with E-state index in [9.17, 15) is 4.79 Å². The molecule has 0 fully saturated rings. The molecule has 4 nitrogen and oxygen atoms in total. The Bertz CT molecular complexity index is 586. The first-order valence-electron chi connectivity index (χ1n) is 7.26. The third kappa shape index (κ3) is 4.12. The molecule has 1 heterocycles. The predicted octanol–water partition coefficient (Wildman–Crippen LogP) is 4.60. The predicted molar refractivity (Wildman–Crippen MR) is 80.7 cm³/mol.